The van der Waals surface area contributed by atoms with Crippen molar-refractivity contribution in [2.45, 2.75) is 24.3 Å². The van der Waals surface area contributed by atoms with E-state index in [0.717, 1.165) is 0 Å². The van der Waals surface area contributed by atoms with Crippen molar-refractivity contribution in [3.05, 3.63) is 18.2 Å². The highest BCUT2D eigenvalue weighted by atomic mass is 16.3. The number of fused-ring (bicyclic) bond motifs is 1. The molecular formula is C8H13N3O3. The van der Waals surface area contributed by atoms with Crippen LogP contribution in [0.1, 0.15) is 18.0 Å². The summed E-state index contributed by atoms with van der Waals surface area (Å²) >= 11 is 0. The zero-order valence-electron chi connectivity index (χ0n) is 7.48. The first kappa shape index (κ1) is 9.60. The lowest BCUT2D eigenvalue weighted by Crippen LogP contribution is -2.51. The molecule has 1 aromatic rings. The van der Waals surface area contributed by atoms with Crippen LogP contribution in [0.25, 0.3) is 0 Å². The Labute approximate surface area is 80.6 Å². The molecule has 1 aliphatic rings. The third kappa shape index (κ3) is 1.16. The lowest BCUT2D eigenvalue weighted by molar-refractivity contribution is -0.0393. The molecule has 0 amide bonds. The molecule has 6 nitrogen and oxygen atoms in total. The quantitative estimate of drug-likeness (QED) is 0.425. The minimum Gasteiger partial charge on any atom is -0.394 e. The van der Waals surface area contributed by atoms with Gasteiger partial charge >= 0.3 is 0 Å². The van der Waals surface area contributed by atoms with E-state index in [4.69, 9.17) is 10.8 Å². The summed E-state index contributed by atoms with van der Waals surface area (Å²) in [6.45, 7) is -0.186. The van der Waals surface area contributed by atoms with E-state index in [1.807, 2.05) is 0 Å². The summed E-state index contributed by atoms with van der Waals surface area (Å²) < 4.78 is 1.60. The molecule has 0 aromatic carbocycles. The molecule has 5 N–H and O–H groups in total. The van der Waals surface area contributed by atoms with E-state index < -0.39 is 24.3 Å². The molecule has 4 atom stereocenters. The summed E-state index contributed by atoms with van der Waals surface area (Å²) in [5.74, 6) is 0.346. The number of nitrogens with two attached hydrogens (primary N) is 1. The van der Waals surface area contributed by atoms with Gasteiger partial charge in [0.1, 0.15) is 18.0 Å². The molecule has 2 heterocycles. The van der Waals surface area contributed by atoms with Gasteiger partial charge in [-0.05, 0) is 0 Å². The Morgan fingerprint density at radius 2 is 2.21 bits per heavy atom. The Balaban J connectivity index is 2.44. The van der Waals surface area contributed by atoms with E-state index in [1.165, 1.54) is 6.20 Å². The highest BCUT2D eigenvalue weighted by Gasteiger charge is 2.39. The van der Waals surface area contributed by atoms with Crippen LogP contribution in [0.3, 0.4) is 0 Å². The maximum Gasteiger partial charge on any atom is 0.140 e. The third-order valence-electron chi connectivity index (χ3n) is 2.67. The SMILES string of the molecule is N[C@H]1[C@H](O)[C@@H](O)c2nccn2[C@@H]1CO. The molecule has 0 radical (unpaired) electrons. The van der Waals surface area contributed by atoms with Gasteiger partial charge in [0.05, 0.1) is 18.7 Å². The minimum atomic E-state index is -1.08. The first-order valence-electron chi connectivity index (χ1n) is 4.42. The van der Waals surface area contributed by atoms with Crippen molar-refractivity contribution >= 4 is 0 Å². The highest BCUT2D eigenvalue weighted by molar-refractivity contribution is 5.09. The Kier molecular flexibility index (Phi) is 2.28. The van der Waals surface area contributed by atoms with Gasteiger partial charge in [-0.3, -0.25) is 0 Å². The number of aromatic nitrogens is 2. The van der Waals surface area contributed by atoms with Gasteiger partial charge in [0, 0.05) is 12.4 Å². The molecule has 1 aromatic heterocycles. The summed E-state index contributed by atoms with van der Waals surface area (Å²) in [5.41, 5.74) is 5.68. The van der Waals surface area contributed by atoms with Gasteiger partial charge < -0.3 is 25.6 Å². The number of aliphatic hydroxyl groups is 3. The van der Waals surface area contributed by atoms with Crippen molar-refractivity contribution in [1.82, 2.24) is 9.55 Å². The van der Waals surface area contributed by atoms with Crippen LogP contribution >= 0.6 is 0 Å². The molecule has 0 spiro atoms. The molecule has 0 bridgehead atoms. The summed E-state index contributed by atoms with van der Waals surface area (Å²) in [5, 5.41) is 28.3. The molecule has 0 saturated carbocycles. The molecule has 0 saturated heterocycles. The molecule has 1 aliphatic heterocycles. The zero-order valence-corrected chi connectivity index (χ0v) is 7.48. The summed E-state index contributed by atoms with van der Waals surface area (Å²) in [7, 11) is 0. The monoisotopic (exact) mass is 199 g/mol. The van der Waals surface area contributed by atoms with Crippen LogP contribution < -0.4 is 5.73 Å². The summed E-state index contributed by atoms with van der Waals surface area (Å²) in [4.78, 5) is 3.91. The van der Waals surface area contributed by atoms with E-state index in [1.54, 1.807) is 10.8 Å². The normalized spacial score (nSPS) is 36.9. The summed E-state index contributed by atoms with van der Waals surface area (Å²) in [6, 6.07) is -1.11. The van der Waals surface area contributed by atoms with Gasteiger partial charge in [0.25, 0.3) is 0 Å². The van der Waals surface area contributed by atoms with Gasteiger partial charge in [0.2, 0.25) is 0 Å². The van der Waals surface area contributed by atoms with Gasteiger partial charge in [-0.15, -0.1) is 0 Å². The number of rotatable bonds is 1. The predicted octanol–water partition coefficient (Wildman–Crippen LogP) is -1.85. The van der Waals surface area contributed by atoms with Gasteiger partial charge in [-0.25, -0.2) is 4.98 Å². The number of hydrogen-bond donors (Lipinski definition) is 4. The molecule has 0 aliphatic carbocycles. The number of nitrogens with zero attached hydrogens (tertiary/aromatic N) is 2. The van der Waals surface area contributed by atoms with Crippen LogP contribution in [0.2, 0.25) is 0 Å². The maximum atomic E-state index is 9.61. The molecular weight excluding hydrogens is 186 g/mol. The second kappa shape index (κ2) is 3.32. The van der Waals surface area contributed by atoms with Gasteiger partial charge in [-0.1, -0.05) is 0 Å². The minimum absolute atomic E-state index is 0.186. The van der Waals surface area contributed by atoms with Crippen molar-refractivity contribution in [2.24, 2.45) is 5.73 Å². The van der Waals surface area contributed by atoms with Gasteiger partial charge in [0.15, 0.2) is 0 Å². The fourth-order valence-corrected chi connectivity index (χ4v) is 1.82. The average Bonchev–Trinajstić information content (AvgIpc) is 2.64. The third-order valence-corrected chi connectivity index (χ3v) is 2.67. The van der Waals surface area contributed by atoms with E-state index in [0.29, 0.717) is 5.82 Å². The van der Waals surface area contributed by atoms with E-state index in [9.17, 15) is 10.2 Å². The molecule has 2 rings (SSSR count). The smallest absolute Gasteiger partial charge is 0.140 e. The molecule has 14 heavy (non-hydrogen) atoms. The first-order chi connectivity index (χ1) is 6.66. The van der Waals surface area contributed by atoms with Crippen molar-refractivity contribution in [3.8, 4) is 0 Å². The zero-order chi connectivity index (χ0) is 10.3. The van der Waals surface area contributed by atoms with Crippen molar-refractivity contribution in [2.75, 3.05) is 6.61 Å². The van der Waals surface area contributed by atoms with E-state index in [-0.39, 0.29) is 6.61 Å². The average molecular weight is 199 g/mol. The Morgan fingerprint density at radius 3 is 2.86 bits per heavy atom. The number of aliphatic hydroxyl groups excluding tert-OH is 3. The second-order valence-corrected chi connectivity index (χ2v) is 3.46. The van der Waals surface area contributed by atoms with Crippen LogP contribution in [0.4, 0.5) is 0 Å². The van der Waals surface area contributed by atoms with Crippen LogP contribution in [0, 0.1) is 0 Å². The summed E-state index contributed by atoms with van der Waals surface area (Å²) in [6.07, 6.45) is 0.974. The molecule has 0 fully saturated rings. The van der Waals surface area contributed by atoms with Crippen molar-refractivity contribution in [1.29, 1.82) is 0 Å². The van der Waals surface area contributed by atoms with Crippen LogP contribution in [-0.2, 0) is 0 Å². The first-order valence-corrected chi connectivity index (χ1v) is 4.42. The van der Waals surface area contributed by atoms with Crippen molar-refractivity contribution < 1.29 is 15.3 Å². The molecule has 6 heteroatoms. The standard InChI is InChI=1S/C8H13N3O3/c9-5-4(3-12)11-2-1-10-8(11)7(14)6(5)13/h1-2,4-7,12-14H,3,9H2/t4-,5-,6+,7-/m1/s1. The fraction of sp³-hybridized carbons (Fsp3) is 0.625. The Bertz CT molecular complexity index is 327. The van der Waals surface area contributed by atoms with E-state index >= 15 is 0 Å². The Morgan fingerprint density at radius 1 is 1.50 bits per heavy atom. The van der Waals surface area contributed by atoms with Crippen LogP contribution in [0.15, 0.2) is 12.4 Å². The number of hydrogen-bond acceptors (Lipinski definition) is 5. The predicted molar refractivity (Wildman–Crippen MR) is 47.3 cm³/mol. The number of imidazole rings is 1. The van der Waals surface area contributed by atoms with Gasteiger partial charge in [-0.2, -0.15) is 0 Å². The molecule has 0 unspecified atom stereocenters. The van der Waals surface area contributed by atoms with Crippen LogP contribution in [-0.4, -0.2) is 43.6 Å². The lowest BCUT2D eigenvalue weighted by atomic mass is 9.94. The topological polar surface area (TPSA) is 105 Å². The lowest BCUT2D eigenvalue weighted by Gasteiger charge is -2.36. The molecule has 78 valence electrons. The fourth-order valence-electron chi connectivity index (χ4n) is 1.82. The largest absolute Gasteiger partial charge is 0.394 e. The highest BCUT2D eigenvalue weighted by Crippen LogP contribution is 2.29. The maximum absolute atomic E-state index is 9.61. The Hall–Kier alpha value is -0.950. The van der Waals surface area contributed by atoms with E-state index in [2.05, 4.69) is 4.98 Å². The second-order valence-electron chi connectivity index (χ2n) is 3.46. The van der Waals surface area contributed by atoms with Crippen molar-refractivity contribution in [3.63, 3.8) is 0 Å². The van der Waals surface area contributed by atoms with Crippen LogP contribution in [0.5, 0.6) is 0 Å².